The Hall–Kier alpha value is 0.257. The van der Waals surface area contributed by atoms with Crippen molar-refractivity contribution in [1.29, 1.82) is 0 Å². The molecule has 0 aliphatic carbocycles. The molecule has 0 radical (unpaired) electrons. The summed E-state index contributed by atoms with van der Waals surface area (Å²) in [7, 11) is 0. The van der Waals surface area contributed by atoms with Crippen molar-refractivity contribution in [2.75, 3.05) is 19.8 Å². The van der Waals surface area contributed by atoms with Gasteiger partial charge in [0.25, 0.3) is 0 Å². The molecule has 0 spiro atoms. The zero-order chi connectivity index (χ0) is 11.4. The molecule has 1 unspecified atom stereocenters. The standard InChI is InChI=1S/C12H23O2.Li/c1-4-7-8-9-12(5-2)14-11-10-13-6-3;/h2,5,12H,4,6-11H2,1,3H3;. The first-order valence-corrected chi connectivity index (χ1v) is 6.17. The Morgan fingerprint density at radius 3 is 2.60 bits per heavy atom. The van der Waals surface area contributed by atoms with E-state index in [-0.39, 0.29) is 6.10 Å². The van der Waals surface area contributed by atoms with E-state index in [9.17, 15) is 0 Å². The van der Waals surface area contributed by atoms with Crippen LogP contribution in [0.2, 0.25) is 0 Å². The molecular formula is C12H23LiO2. The minimum absolute atomic E-state index is 0.280. The van der Waals surface area contributed by atoms with Crippen LogP contribution in [0.4, 0.5) is 0 Å². The monoisotopic (exact) mass is 206 g/mol. The molecule has 0 aliphatic heterocycles. The summed E-state index contributed by atoms with van der Waals surface area (Å²) < 4.78 is 13.0. The Balaban J connectivity index is 3.54. The molecule has 2 nitrogen and oxygen atoms in total. The molecule has 0 heterocycles. The van der Waals surface area contributed by atoms with E-state index < -0.39 is 0 Å². The van der Waals surface area contributed by atoms with Crippen LogP contribution in [0.15, 0.2) is 10.8 Å². The molecule has 0 saturated carbocycles. The quantitative estimate of drug-likeness (QED) is 0.404. The third-order valence-electron chi connectivity index (χ3n) is 2.26. The van der Waals surface area contributed by atoms with Crippen LogP contribution >= 0.6 is 0 Å². The maximum absolute atomic E-state index is 5.72. The van der Waals surface area contributed by atoms with Crippen molar-refractivity contribution in [1.82, 2.24) is 0 Å². The summed E-state index contributed by atoms with van der Waals surface area (Å²) in [5.41, 5.74) is 0. The Bertz CT molecular complexity index is 149. The fourth-order valence-corrected chi connectivity index (χ4v) is 1.45. The van der Waals surface area contributed by atoms with Gasteiger partial charge in [-0.05, 0) is 0 Å². The molecule has 0 aromatic heterocycles. The molecule has 0 N–H and O–H groups in total. The summed E-state index contributed by atoms with van der Waals surface area (Å²) in [4.78, 5) is 0. The first-order valence-electron chi connectivity index (χ1n) is 6.17. The third-order valence-corrected chi connectivity index (χ3v) is 2.26. The summed E-state index contributed by atoms with van der Waals surface area (Å²) in [6.07, 6.45) is 7.36. The Labute approximate surface area is 104 Å². The topological polar surface area (TPSA) is 18.5 Å². The van der Waals surface area contributed by atoms with Crippen LogP contribution in [0.25, 0.3) is 0 Å². The fraction of sp³-hybridized carbons (Fsp3) is 0.833. The van der Waals surface area contributed by atoms with Crippen molar-refractivity contribution in [2.24, 2.45) is 0 Å². The molecular weight excluding hydrogens is 183 g/mol. The van der Waals surface area contributed by atoms with Gasteiger partial charge in [0, 0.05) is 0 Å². The minimum atomic E-state index is 0.280. The first kappa shape index (κ1) is 15.3. The number of rotatable bonds is 10. The van der Waals surface area contributed by atoms with Gasteiger partial charge in [0.05, 0.1) is 0 Å². The average molecular weight is 206 g/mol. The van der Waals surface area contributed by atoms with Crippen molar-refractivity contribution in [2.45, 2.75) is 45.6 Å². The third kappa shape index (κ3) is 10.5. The Morgan fingerprint density at radius 2 is 2.00 bits per heavy atom. The molecule has 0 aromatic rings. The number of hydrogen-bond acceptors (Lipinski definition) is 2. The van der Waals surface area contributed by atoms with Gasteiger partial charge in [-0.1, -0.05) is 0 Å². The molecule has 84 valence electrons. The fourth-order valence-electron chi connectivity index (χ4n) is 1.45. The second kappa shape index (κ2) is 12.3. The van der Waals surface area contributed by atoms with E-state index >= 15 is 0 Å². The predicted octanol–water partition coefficient (Wildman–Crippen LogP) is 2.67. The van der Waals surface area contributed by atoms with Crippen LogP contribution in [0, 0.1) is 0 Å². The molecule has 0 fully saturated rings. The van der Waals surface area contributed by atoms with Crippen molar-refractivity contribution in [3.63, 3.8) is 0 Å². The molecule has 0 aromatic carbocycles. The van der Waals surface area contributed by atoms with Gasteiger partial charge in [0.2, 0.25) is 0 Å². The van der Waals surface area contributed by atoms with E-state index in [2.05, 4.69) is 17.7 Å². The second-order valence-corrected chi connectivity index (χ2v) is 3.63. The zero-order valence-electron chi connectivity index (χ0n) is 10.5. The average Bonchev–Trinajstić information content (AvgIpc) is 2.24. The molecule has 3 heteroatoms. The van der Waals surface area contributed by atoms with Gasteiger partial charge in [-0.2, -0.15) is 0 Å². The van der Waals surface area contributed by atoms with E-state index in [4.69, 9.17) is 9.47 Å². The number of hydrogen-bond donors (Lipinski definition) is 0. The molecule has 0 aliphatic rings. The van der Waals surface area contributed by atoms with Crippen LogP contribution in [-0.2, 0) is 9.47 Å². The molecule has 0 bridgehead atoms. The summed E-state index contributed by atoms with van der Waals surface area (Å²) in [5.74, 6) is 0. The van der Waals surface area contributed by atoms with Gasteiger partial charge in [0.15, 0.2) is 0 Å². The van der Waals surface area contributed by atoms with Crippen LogP contribution < -0.4 is 0 Å². The Kier molecular flexibility index (Phi) is 12.5. The predicted molar refractivity (Wildman–Crippen MR) is 65.3 cm³/mol. The Morgan fingerprint density at radius 1 is 1.20 bits per heavy atom. The van der Waals surface area contributed by atoms with Gasteiger partial charge in [-0.15, -0.1) is 0 Å². The zero-order valence-corrected chi connectivity index (χ0v) is 10.5. The number of unbranched alkanes of at least 4 members (excludes halogenated alkanes) is 2. The van der Waals surface area contributed by atoms with Crippen molar-refractivity contribution < 1.29 is 9.47 Å². The first-order chi connectivity index (χ1) is 7.35. The molecule has 0 saturated heterocycles. The molecule has 0 amide bonds. The second-order valence-electron chi connectivity index (χ2n) is 3.63. The van der Waals surface area contributed by atoms with Crippen LogP contribution in [0.1, 0.15) is 39.5 Å². The van der Waals surface area contributed by atoms with Crippen LogP contribution in [0.3, 0.4) is 0 Å². The van der Waals surface area contributed by atoms with E-state index in [1.54, 1.807) is 0 Å². The summed E-state index contributed by atoms with van der Waals surface area (Å²) in [6, 6.07) is 0. The number of ether oxygens (including phenoxy) is 2. The molecule has 15 heavy (non-hydrogen) atoms. The van der Waals surface area contributed by atoms with E-state index in [0.29, 0.717) is 13.2 Å². The van der Waals surface area contributed by atoms with Crippen molar-refractivity contribution >= 4 is 17.7 Å². The van der Waals surface area contributed by atoms with Gasteiger partial charge in [0.1, 0.15) is 0 Å². The maximum atomic E-state index is 5.72. The van der Waals surface area contributed by atoms with Crippen molar-refractivity contribution in [3.05, 3.63) is 10.8 Å². The van der Waals surface area contributed by atoms with E-state index in [1.807, 2.05) is 24.6 Å². The van der Waals surface area contributed by atoms with Gasteiger partial charge < -0.3 is 0 Å². The van der Waals surface area contributed by atoms with Gasteiger partial charge >= 0.3 is 103 Å². The summed E-state index contributed by atoms with van der Waals surface area (Å²) in [5, 5.41) is 0. The van der Waals surface area contributed by atoms with Crippen molar-refractivity contribution in [3.8, 4) is 0 Å². The van der Waals surface area contributed by atoms with E-state index in [0.717, 1.165) is 13.0 Å². The summed E-state index contributed by atoms with van der Waals surface area (Å²) in [6.45, 7) is 6.41. The van der Waals surface area contributed by atoms with Gasteiger partial charge in [-0.3, -0.25) is 0 Å². The normalized spacial score (nSPS) is 13.6. The SMILES string of the molecule is [Li][CH]=CC(CCCCC)OCCOCC. The van der Waals surface area contributed by atoms with Crippen LogP contribution in [0.5, 0.6) is 0 Å². The molecule has 1 atom stereocenters. The van der Waals surface area contributed by atoms with Gasteiger partial charge in [-0.25, -0.2) is 0 Å². The summed E-state index contributed by atoms with van der Waals surface area (Å²) >= 11 is 2.04. The molecule has 0 rings (SSSR count). The van der Waals surface area contributed by atoms with E-state index in [1.165, 1.54) is 19.3 Å². The van der Waals surface area contributed by atoms with Crippen LogP contribution in [-0.4, -0.2) is 43.6 Å².